The summed E-state index contributed by atoms with van der Waals surface area (Å²) in [5.74, 6) is -0.845. The maximum atomic E-state index is 12.9. The van der Waals surface area contributed by atoms with Crippen LogP contribution in [0.5, 0.6) is 0 Å². The highest BCUT2D eigenvalue weighted by Crippen LogP contribution is 2.12. The maximum absolute atomic E-state index is 12.9. The Bertz CT molecular complexity index is 986. The number of nitrogens with one attached hydrogen (secondary N) is 2. The fourth-order valence-electron chi connectivity index (χ4n) is 2.45. The molecule has 5 nitrogen and oxygen atoms in total. The van der Waals surface area contributed by atoms with E-state index in [0.717, 1.165) is 11.1 Å². The molecule has 0 fully saturated rings. The van der Waals surface area contributed by atoms with E-state index in [-0.39, 0.29) is 17.6 Å². The molecule has 2 N–H and O–H groups in total. The summed E-state index contributed by atoms with van der Waals surface area (Å²) >= 11 is 0. The zero-order valence-corrected chi connectivity index (χ0v) is 14.9. The zero-order chi connectivity index (χ0) is 19.8. The van der Waals surface area contributed by atoms with Crippen molar-refractivity contribution in [2.24, 2.45) is 0 Å². The van der Waals surface area contributed by atoms with Crippen LogP contribution < -0.4 is 10.6 Å². The molecule has 0 aliphatic rings. The van der Waals surface area contributed by atoms with Crippen molar-refractivity contribution in [2.45, 2.75) is 6.54 Å². The minimum Gasteiger partial charge on any atom is -0.348 e. The number of anilines is 1. The van der Waals surface area contributed by atoms with Gasteiger partial charge in [0.05, 0.1) is 5.56 Å². The van der Waals surface area contributed by atoms with E-state index in [1.54, 1.807) is 54.7 Å². The number of halogens is 1. The van der Waals surface area contributed by atoms with Gasteiger partial charge >= 0.3 is 0 Å². The highest BCUT2D eigenvalue weighted by atomic mass is 19.1. The van der Waals surface area contributed by atoms with E-state index < -0.39 is 0 Å². The molecule has 0 saturated carbocycles. The number of nitrogens with zero attached hydrogens (tertiary/aromatic N) is 1. The molecule has 3 aromatic rings. The lowest BCUT2D eigenvalue weighted by atomic mass is 10.2. The summed E-state index contributed by atoms with van der Waals surface area (Å²) in [5.41, 5.74) is 2.67. The lowest BCUT2D eigenvalue weighted by molar-refractivity contribution is -0.116. The van der Waals surface area contributed by atoms with Gasteiger partial charge in [-0.1, -0.05) is 24.3 Å². The lowest BCUT2D eigenvalue weighted by Crippen LogP contribution is -2.20. The van der Waals surface area contributed by atoms with Gasteiger partial charge in [-0.3, -0.25) is 14.6 Å². The highest BCUT2D eigenvalue weighted by molar-refractivity contribution is 6.04. The first-order valence-corrected chi connectivity index (χ1v) is 8.62. The van der Waals surface area contributed by atoms with E-state index in [1.807, 2.05) is 6.07 Å². The van der Waals surface area contributed by atoms with Crippen molar-refractivity contribution < 1.29 is 14.0 Å². The molecule has 28 heavy (non-hydrogen) atoms. The molecule has 3 rings (SSSR count). The Labute approximate surface area is 161 Å². The molecular weight excluding hydrogens is 357 g/mol. The summed E-state index contributed by atoms with van der Waals surface area (Å²) in [7, 11) is 0. The Morgan fingerprint density at radius 1 is 1.04 bits per heavy atom. The van der Waals surface area contributed by atoms with Crippen LogP contribution in [0.4, 0.5) is 10.1 Å². The molecule has 1 aromatic heterocycles. The van der Waals surface area contributed by atoms with Crippen LogP contribution in [0.1, 0.15) is 21.5 Å². The second kappa shape index (κ2) is 9.23. The average Bonchev–Trinajstić information content (AvgIpc) is 2.73. The summed E-state index contributed by atoms with van der Waals surface area (Å²) in [6, 6.07) is 16.4. The standard InChI is InChI=1S/C22H18FN3O2/c23-19-9-6-16(7-10-19)8-11-21(27)25-14-17-3-1-5-20(13-17)26-22(28)18-4-2-12-24-15-18/h1-13,15H,14H2,(H,25,27)(H,26,28)/b11-8+. The van der Waals surface area contributed by atoms with Crippen molar-refractivity contribution in [3.63, 3.8) is 0 Å². The maximum Gasteiger partial charge on any atom is 0.257 e. The Hall–Kier alpha value is -3.80. The van der Waals surface area contributed by atoms with Gasteiger partial charge < -0.3 is 10.6 Å². The monoisotopic (exact) mass is 375 g/mol. The first kappa shape index (κ1) is 19.0. The van der Waals surface area contributed by atoms with Crippen molar-refractivity contribution in [2.75, 3.05) is 5.32 Å². The van der Waals surface area contributed by atoms with E-state index >= 15 is 0 Å². The van der Waals surface area contributed by atoms with Gasteiger partial charge in [0, 0.05) is 30.7 Å². The van der Waals surface area contributed by atoms with Gasteiger partial charge in [0.25, 0.3) is 5.91 Å². The smallest absolute Gasteiger partial charge is 0.257 e. The molecule has 6 heteroatoms. The van der Waals surface area contributed by atoms with Crippen molar-refractivity contribution in [3.8, 4) is 0 Å². The third-order valence-corrected chi connectivity index (χ3v) is 3.87. The van der Waals surface area contributed by atoms with E-state index in [9.17, 15) is 14.0 Å². The second-order valence-corrected chi connectivity index (χ2v) is 6.00. The molecule has 0 saturated heterocycles. The minimum absolute atomic E-state index is 0.253. The van der Waals surface area contributed by atoms with Crippen LogP contribution in [0.25, 0.3) is 6.08 Å². The van der Waals surface area contributed by atoms with Crippen molar-refractivity contribution in [3.05, 3.63) is 102 Å². The molecule has 2 aromatic carbocycles. The number of pyridine rings is 1. The number of hydrogen-bond acceptors (Lipinski definition) is 3. The summed E-state index contributed by atoms with van der Waals surface area (Å²) in [6.45, 7) is 0.309. The molecular formula is C22H18FN3O2. The van der Waals surface area contributed by atoms with Gasteiger partial charge in [0.2, 0.25) is 5.91 Å². The number of rotatable bonds is 6. The van der Waals surface area contributed by atoms with E-state index in [2.05, 4.69) is 15.6 Å². The van der Waals surface area contributed by atoms with Crippen LogP contribution >= 0.6 is 0 Å². The van der Waals surface area contributed by atoms with Crippen LogP contribution in [0.15, 0.2) is 79.1 Å². The quantitative estimate of drug-likeness (QED) is 0.644. The fraction of sp³-hybridized carbons (Fsp3) is 0.0455. The molecule has 1 heterocycles. The third-order valence-electron chi connectivity index (χ3n) is 3.87. The topological polar surface area (TPSA) is 71.1 Å². The predicted molar refractivity (Wildman–Crippen MR) is 106 cm³/mol. The zero-order valence-electron chi connectivity index (χ0n) is 14.9. The van der Waals surface area contributed by atoms with Crippen LogP contribution in [-0.2, 0) is 11.3 Å². The predicted octanol–water partition coefficient (Wildman–Crippen LogP) is 3.80. The number of aromatic nitrogens is 1. The molecule has 0 aliphatic heterocycles. The van der Waals surface area contributed by atoms with Gasteiger partial charge in [0.15, 0.2) is 0 Å². The van der Waals surface area contributed by atoms with Crippen LogP contribution in [-0.4, -0.2) is 16.8 Å². The largest absolute Gasteiger partial charge is 0.348 e. The number of benzene rings is 2. The summed E-state index contributed by atoms with van der Waals surface area (Å²) in [5, 5.41) is 5.57. The second-order valence-electron chi connectivity index (χ2n) is 6.00. The van der Waals surface area contributed by atoms with Crippen molar-refractivity contribution in [1.82, 2.24) is 10.3 Å². The van der Waals surface area contributed by atoms with Crippen LogP contribution in [0.3, 0.4) is 0 Å². The molecule has 0 aliphatic carbocycles. The molecule has 0 bridgehead atoms. The molecule has 0 atom stereocenters. The van der Waals surface area contributed by atoms with Gasteiger partial charge in [-0.25, -0.2) is 4.39 Å². The van der Waals surface area contributed by atoms with Crippen LogP contribution in [0.2, 0.25) is 0 Å². The number of carbonyl (C=O) groups excluding carboxylic acids is 2. The highest BCUT2D eigenvalue weighted by Gasteiger charge is 2.06. The summed E-state index contributed by atoms with van der Waals surface area (Å²) in [6.07, 6.45) is 6.10. The lowest BCUT2D eigenvalue weighted by Gasteiger charge is -2.08. The Balaban J connectivity index is 1.55. The Morgan fingerprint density at radius 3 is 2.61 bits per heavy atom. The number of amides is 2. The van der Waals surface area contributed by atoms with Crippen molar-refractivity contribution in [1.29, 1.82) is 0 Å². The Morgan fingerprint density at radius 2 is 1.86 bits per heavy atom. The summed E-state index contributed by atoms with van der Waals surface area (Å²) < 4.78 is 12.9. The SMILES string of the molecule is O=C(/C=C/c1ccc(F)cc1)NCc1cccc(NC(=O)c2cccnc2)c1. The minimum atomic E-state index is -0.322. The number of hydrogen-bond donors (Lipinski definition) is 2. The Kier molecular flexibility index (Phi) is 6.25. The first-order chi connectivity index (χ1) is 13.6. The van der Waals surface area contributed by atoms with Crippen molar-refractivity contribution >= 4 is 23.6 Å². The third kappa shape index (κ3) is 5.60. The van der Waals surface area contributed by atoms with Gasteiger partial charge in [-0.05, 0) is 53.6 Å². The average molecular weight is 375 g/mol. The van der Waals surface area contributed by atoms with Gasteiger partial charge in [-0.15, -0.1) is 0 Å². The fourth-order valence-corrected chi connectivity index (χ4v) is 2.45. The van der Waals surface area contributed by atoms with E-state index in [4.69, 9.17) is 0 Å². The first-order valence-electron chi connectivity index (χ1n) is 8.62. The number of carbonyl (C=O) groups is 2. The molecule has 2 amide bonds. The van der Waals surface area contributed by atoms with E-state index in [0.29, 0.717) is 17.8 Å². The summed E-state index contributed by atoms with van der Waals surface area (Å²) in [4.78, 5) is 28.1. The molecule has 0 unspecified atom stereocenters. The van der Waals surface area contributed by atoms with Crippen LogP contribution in [0, 0.1) is 5.82 Å². The normalized spacial score (nSPS) is 10.6. The van der Waals surface area contributed by atoms with Gasteiger partial charge in [-0.2, -0.15) is 0 Å². The van der Waals surface area contributed by atoms with Gasteiger partial charge in [0.1, 0.15) is 5.82 Å². The molecule has 0 spiro atoms. The molecule has 140 valence electrons. The van der Waals surface area contributed by atoms with E-state index in [1.165, 1.54) is 24.4 Å². The molecule has 0 radical (unpaired) electrons.